The Morgan fingerprint density at radius 1 is 1.26 bits per heavy atom. The first-order valence-corrected chi connectivity index (χ1v) is 13.0. The minimum atomic E-state index is -2.49. The van der Waals surface area contributed by atoms with Crippen molar-refractivity contribution in [2.24, 2.45) is 11.8 Å². The number of nitrogens with zero attached hydrogens (tertiary/aromatic N) is 2. The number of carboxylic acid groups (broad SMARTS) is 1. The van der Waals surface area contributed by atoms with Crippen molar-refractivity contribution < 1.29 is 23.4 Å². The highest BCUT2D eigenvalue weighted by Crippen LogP contribution is 2.56. The second-order valence-corrected chi connectivity index (χ2v) is 10.2. The molecule has 0 radical (unpaired) electrons. The van der Waals surface area contributed by atoms with Crippen molar-refractivity contribution in [3.05, 3.63) is 47.5 Å². The van der Waals surface area contributed by atoms with E-state index in [1.807, 2.05) is 18.2 Å². The zero-order valence-corrected chi connectivity index (χ0v) is 20.1. The lowest BCUT2D eigenvalue weighted by Gasteiger charge is -2.27. The Hall–Kier alpha value is -2.62. The standard InChI is InChI=1S/C25H31N3O5S/c1-2-27-12-10-16(14-27)9-11-26-20-5-3-4-6-21(20)28(34(31)32)22-8-7-18-19-13-17(19)15-33-24(18)23(22)25(29)30/h3-8,16-17,19,26H,2,9-15H2,1H3,(H,29,30)(H,31,32)/t16-,17?,19?/m1/s1. The number of carboxylic acids is 1. The molecule has 2 aromatic rings. The predicted molar refractivity (Wildman–Crippen MR) is 132 cm³/mol. The molecule has 2 aliphatic heterocycles. The molecular weight excluding hydrogens is 454 g/mol. The molecule has 2 aromatic carbocycles. The number of carbonyl (C=O) groups is 1. The van der Waals surface area contributed by atoms with Gasteiger partial charge >= 0.3 is 5.97 Å². The zero-order valence-electron chi connectivity index (χ0n) is 19.3. The number of likely N-dealkylation sites (tertiary alicyclic amines) is 1. The number of fused-ring (bicyclic) bond motifs is 3. The van der Waals surface area contributed by atoms with Crippen LogP contribution in [-0.4, -0.2) is 57.5 Å². The highest BCUT2D eigenvalue weighted by atomic mass is 32.2. The molecule has 182 valence electrons. The van der Waals surface area contributed by atoms with Gasteiger partial charge in [-0.1, -0.05) is 25.1 Å². The maximum absolute atomic E-state index is 12.6. The van der Waals surface area contributed by atoms with Gasteiger partial charge in [-0.15, -0.1) is 0 Å². The smallest absolute Gasteiger partial charge is 0.341 e. The van der Waals surface area contributed by atoms with Gasteiger partial charge in [0.2, 0.25) is 0 Å². The fraction of sp³-hybridized carbons (Fsp3) is 0.480. The summed E-state index contributed by atoms with van der Waals surface area (Å²) >= 11 is -2.49. The number of anilines is 3. The summed E-state index contributed by atoms with van der Waals surface area (Å²) in [6.45, 7) is 6.70. The largest absolute Gasteiger partial charge is 0.492 e. The van der Waals surface area contributed by atoms with E-state index in [0.29, 0.717) is 41.5 Å². The number of nitrogens with one attached hydrogen (secondary N) is 1. The van der Waals surface area contributed by atoms with Crippen molar-refractivity contribution in [3.63, 3.8) is 0 Å². The van der Waals surface area contributed by atoms with E-state index in [1.165, 1.54) is 10.7 Å². The SMILES string of the molecule is CCN1CC[C@@H](CCNc2ccccc2N(c2ccc3c(c2C(=O)O)OCC2CC32)S(=O)O)C1. The molecule has 1 saturated carbocycles. The van der Waals surface area contributed by atoms with Crippen LogP contribution < -0.4 is 14.4 Å². The van der Waals surface area contributed by atoms with Gasteiger partial charge in [0.15, 0.2) is 0 Å². The summed E-state index contributed by atoms with van der Waals surface area (Å²) in [4.78, 5) is 14.8. The summed E-state index contributed by atoms with van der Waals surface area (Å²) in [5, 5.41) is 13.5. The highest BCUT2D eigenvalue weighted by Gasteiger charge is 2.46. The summed E-state index contributed by atoms with van der Waals surface area (Å²) in [5.74, 6) is 0.541. The lowest BCUT2D eigenvalue weighted by molar-refractivity contribution is 0.0692. The first-order valence-electron chi connectivity index (χ1n) is 12.0. The Morgan fingerprint density at radius 3 is 2.82 bits per heavy atom. The molecule has 4 atom stereocenters. The van der Waals surface area contributed by atoms with Crippen LogP contribution in [0.4, 0.5) is 17.1 Å². The van der Waals surface area contributed by atoms with Gasteiger partial charge in [0, 0.05) is 19.0 Å². The molecule has 0 aromatic heterocycles. The van der Waals surface area contributed by atoms with Crippen molar-refractivity contribution in [2.45, 2.75) is 32.1 Å². The molecule has 5 rings (SSSR count). The van der Waals surface area contributed by atoms with Crippen LogP contribution in [0.1, 0.15) is 48.0 Å². The maximum Gasteiger partial charge on any atom is 0.341 e. The van der Waals surface area contributed by atoms with E-state index in [1.54, 1.807) is 18.2 Å². The third-order valence-electron chi connectivity index (χ3n) is 7.33. The van der Waals surface area contributed by atoms with Crippen LogP contribution in [0, 0.1) is 11.8 Å². The van der Waals surface area contributed by atoms with Gasteiger partial charge in [-0.2, -0.15) is 0 Å². The molecular formula is C25H31N3O5S. The Kier molecular flexibility index (Phi) is 6.50. The predicted octanol–water partition coefficient (Wildman–Crippen LogP) is 4.30. The Balaban J connectivity index is 1.43. The van der Waals surface area contributed by atoms with Gasteiger partial charge in [-0.25, -0.2) is 13.3 Å². The maximum atomic E-state index is 12.6. The quantitative estimate of drug-likeness (QED) is 0.455. The van der Waals surface area contributed by atoms with Crippen molar-refractivity contribution in [1.82, 2.24) is 4.90 Å². The molecule has 2 fully saturated rings. The molecule has 0 bridgehead atoms. The minimum absolute atomic E-state index is 0.0642. The first kappa shape index (κ1) is 23.1. The number of para-hydroxylation sites is 2. The van der Waals surface area contributed by atoms with Crippen LogP contribution in [0.15, 0.2) is 36.4 Å². The molecule has 2 heterocycles. The van der Waals surface area contributed by atoms with Gasteiger partial charge in [0.05, 0.1) is 23.7 Å². The van der Waals surface area contributed by atoms with Crippen LogP contribution in [0.3, 0.4) is 0 Å². The van der Waals surface area contributed by atoms with Gasteiger partial charge in [0.1, 0.15) is 11.3 Å². The molecule has 1 aliphatic carbocycles. The average molecular weight is 486 g/mol. The number of hydrogen-bond donors (Lipinski definition) is 3. The molecule has 3 unspecified atom stereocenters. The van der Waals surface area contributed by atoms with E-state index in [0.717, 1.165) is 44.6 Å². The first-order chi connectivity index (χ1) is 16.5. The molecule has 0 spiro atoms. The van der Waals surface area contributed by atoms with Crippen molar-refractivity contribution in [1.29, 1.82) is 0 Å². The van der Waals surface area contributed by atoms with Crippen molar-refractivity contribution in [3.8, 4) is 5.75 Å². The van der Waals surface area contributed by atoms with Crippen LogP contribution in [0.5, 0.6) is 5.75 Å². The van der Waals surface area contributed by atoms with Crippen LogP contribution in [-0.2, 0) is 11.3 Å². The molecule has 9 heteroatoms. The van der Waals surface area contributed by atoms with Crippen LogP contribution in [0.2, 0.25) is 0 Å². The lowest BCUT2D eigenvalue weighted by atomic mass is 10.00. The number of rotatable bonds is 9. The van der Waals surface area contributed by atoms with E-state index in [2.05, 4.69) is 17.1 Å². The topological polar surface area (TPSA) is 102 Å². The monoisotopic (exact) mass is 485 g/mol. The summed E-state index contributed by atoms with van der Waals surface area (Å²) in [5.41, 5.74) is 2.10. The minimum Gasteiger partial charge on any atom is -0.492 e. The second-order valence-electron chi connectivity index (χ2n) is 9.40. The average Bonchev–Trinajstić information content (AvgIpc) is 3.49. The van der Waals surface area contributed by atoms with Crippen LogP contribution in [0.25, 0.3) is 0 Å². The number of aromatic carboxylic acids is 1. The lowest BCUT2D eigenvalue weighted by Crippen LogP contribution is -2.25. The van der Waals surface area contributed by atoms with Crippen molar-refractivity contribution in [2.75, 3.05) is 42.4 Å². The van der Waals surface area contributed by atoms with E-state index in [9.17, 15) is 18.7 Å². The van der Waals surface area contributed by atoms with E-state index in [4.69, 9.17) is 4.74 Å². The fourth-order valence-electron chi connectivity index (χ4n) is 5.36. The van der Waals surface area contributed by atoms with Gasteiger partial charge in [-0.05, 0) is 68.0 Å². The summed E-state index contributed by atoms with van der Waals surface area (Å²) in [6, 6.07) is 10.7. The number of ether oxygens (including phenoxy) is 1. The molecule has 1 saturated heterocycles. The van der Waals surface area contributed by atoms with Crippen LogP contribution >= 0.6 is 0 Å². The fourth-order valence-corrected chi connectivity index (χ4v) is 6.01. The van der Waals surface area contributed by atoms with E-state index >= 15 is 0 Å². The summed E-state index contributed by atoms with van der Waals surface area (Å²) < 4.78 is 29.9. The molecule has 34 heavy (non-hydrogen) atoms. The molecule has 3 N–H and O–H groups in total. The summed E-state index contributed by atoms with van der Waals surface area (Å²) in [7, 11) is 0. The zero-order chi connectivity index (χ0) is 23.8. The van der Waals surface area contributed by atoms with E-state index in [-0.39, 0.29) is 11.3 Å². The van der Waals surface area contributed by atoms with Gasteiger partial charge in [0.25, 0.3) is 11.3 Å². The normalized spacial score (nSPS) is 24.0. The number of benzene rings is 2. The van der Waals surface area contributed by atoms with Crippen molar-refractivity contribution >= 4 is 34.3 Å². The molecule has 3 aliphatic rings. The highest BCUT2D eigenvalue weighted by molar-refractivity contribution is 7.81. The van der Waals surface area contributed by atoms with Gasteiger partial charge < -0.3 is 20.1 Å². The Bertz CT molecular complexity index is 1110. The number of hydrogen-bond acceptors (Lipinski definition) is 5. The third-order valence-corrected chi connectivity index (χ3v) is 8.03. The molecule has 0 amide bonds. The summed E-state index contributed by atoms with van der Waals surface area (Å²) in [6.07, 6.45) is 3.18. The third kappa shape index (κ3) is 4.39. The van der Waals surface area contributed by atoms with Gasteiger partial charge in [-0.3, -0.25) is 4.55 Å². The molecule has 8 nitrogen and oxygen atoms in total. The Labute approximate surface area is 202 Å². The Morgan fingerprint density at radius 2 is 2.09 bits per heavy atom. The second kappa shape index (κ2) is 9.56. The van der Waals surface area contributed by atoms with E-state index < -0.39 is 17.2 Å².